The number of ether oxygens (including phenoxy) is 1. The molecule has 8 heteroatoms. The van der Waals surface area contributed by atoms with Crippen LogP contribution < -0.4 is 15.1 Å². The average molecular weight is 408 g/mol. The Morgan fingerprint density at radius 1 is 1.14 bits per heavy atom. The second-order valence-electron chi connectivity index (χ2n) is 7.28. The molecule has 0 saturated heterocycles. The molecule has 1 heterocycles. The number of hydrogen-bond donors (Lipinski definition) is 2. The Kier molecular flexibility index (Phi) is 5.32. The van der Waals surface area contributed by atoms with Gasteiger partial charge in [-0.2, -0.15) is 13.2 Å². The molecule has 29 heavy (non-hydrogen) atoms. The van der Waals surface area contributed by atoms with Crippen LogP contribution in [0.3, 0.4) is 0 Å². The summed E-state index contributed by atoms with van der Waals surface area (Å²) >= 11 is 0. The summed E-state index contributed by atoms with van der Waals surface area (Å²) in [5, 5.41) is 10.0. The van der Waals surface area contributed by atoms with Gasteiger partial charge in [0.15, 0.2) is 5.58 Å². The number of aryl methyl sites for hydroxylation is 2. The summed E-state index contributed by atoms with van der Waals surface area (Å²) in [5.74, 6) is -2.55. The maximum atomic E-state index is 13.8. The molecular weight excluding hydrogens is 387 g/mol. The van der Waals surface area contributed by atoms with Crippen LogP contribution in [0.4, 0.5) is 13.2 Å². The molecule has 0 aliphatic rings. The predicted octanol–water partition coefficient (Wildman–Crippen LogP) is 3.57. The minimum atomic E-state index is -4.96. The van der Waals surface area contributed by atoms with E-state index in [2.05, 4.69) is 0 Å². The molecule has 0 aliphatic carbocycles. The van der Waals surface area contributed by atoms with Gasteiger partial charge in [0.1, 0.15) is 18.0 Å². The first-order chi connectivity index (χ1) is 13.5. The molecule has 3 aromatic rings. The molecule has 2 aromatic carbocycles. The number of fused-ring (bicyclic) bond motifs is 1. The van der Waals surface area contributed by atoms with E-state index in [1.54, 1.807) is 46.1 Å². The maximum absolute atomic E-state index is 13.8. The molecule has 0 radical (unpaired) electrons. The van der Waals surface area contributed by atoms with Crippen molar-refractivity contribution in [3.63, 3.8) is 0 Å². The van der Waals surface area contributed by atoms with E-state index in [9.17, 15) is 23.1 Å². The van der Waals surface area contributed by atoms with Crippen LogP contribution in [0.5, 0.6) is 17.2 Å². The Morgan fingerprint density at radius 3 is 2.45 bits per heavy atom. The van der Waals surface area contributed by atoms with Crippen LogP contribution in [0.1, 0.15) is 22.5 Å². The lowest BCUT2D eigenvalue weighted by molar-refractivity contribution is -0.872. The number of alkyl halides is 3. The van der Waals surface area contributed by atoms with Crippen molar-refractivity contribution < 1.29 is 32.3 Å². The second kappa shape index (κ2) is 7.44. The molecule has 0 unspecified atom stereocenters. The molecule has 0 bridgehead atoms. The number of phenolic OH excluding ortho intramolecular Hbond substituents is 1. The second-order valence-corrected chi connectivity index (χ2v) is 7.28. The highest BCUT2D eigenvalue weighted by atomic mass is 19.4. The fraction of sp³-hybridized carbons (Fsp3) is 0.286. The average Bonchev–Trinajstić information content (AvgIpc) is 2.61. The summed E-state index contributed by atoms with van der Waals surface area (Å²) in [4.78, 5) is 13.8. The Balaban J connectivity index is 2.32. The lowest BCUT2D eigenvalue weighted by Crippen LogP contribution is -3.04. The molecule has 0 atom stereocenters. The standard InChI is InChI=1S/C21H20F3NO4/c1-11-5-6-12(2)16(9-11)28-19-17(27)13-7-8-15(26)14(10-25(3)4)18(13)29-20(19)21(22,23)24/h5-9,26H,10H2,1-4H3/p+1. The minimum absolute atomic E-state index is 0.0904. The van der Waals surface area contributed by atoms with Gasteiger partial charge in [-0.3, -0.25) is 4.79 Å². The Labute approximate surface area is 164 Å². The Morgan fingerprint density at radius 2 is 1.83 bits per heavy atom. The van der Waals surface area contributed by atoms with Crippen molar-refractivity contribution in [1.82, 2.24) is 0 Å². The van der Waals surface area contributed by atoms with Crippen molar-refractivity contribution in [1.29, 1.82) is 0 Å². The first kappa shape index (κ1) is 20.7. The highest BCUT2D eigenvalue weighted by Gasteiger charge is 2.41. The third-order valence-electron chi connectivity index (χ3n) is 4.44. The van der Waals surface area contributed by atoms with Gasteiger partial charge in [0, 0.05) is 0 Å². The summed E-state index contributed by atoms with van der Waals surface area (Å²) < 4.78 is 51.9. The first-order valence-electron chi connectivity index (χ1n) is 8.92. The van der Waals surface area contributed by atoms with Gasteiger partial charge in [0.2, 0.25) is 11.2 Å². The maximum Gasteiger partial charge on any atom is 0.453 e. The van der Waals surface area contributed by atoms with E-state index in [0.717, 1.165) is 10.5 Å². The van der Waals surface area contributed by atoms with Gasteiger partial charge in [-0.1, -0.05) is 12.1 Å². The molecule has 3 rings (SSSR count). The summed E-state index contributed by atoms with van der Waals surface area (Å²) in [6.07, 6.45) is -4.96. The monoisotopic (exact) mass is 408 g/mol. The number of phenols is 1. The molecule has 2 N–H and O–H groups in total. The largest absolute Gasteiger partial charge is 0.507 e. The normalized spacial score (nSPS) is 12.0. The van der Waals surface area contributed by atoms with E-state index in [-0.39, 0.29) is 34.6 Å². The van der Waals surface area contributed by atoms with Gasteiger partial charge < -0.3 is 19.2 Å². The van der Waals surface area contributed by atoms with Crippen LogP contribution in [0.15, 0.2) is 39.5 Å². The molecule has 0 spiro atoms. The van der Waals surface area contributed by atoms with Gasteiger partial charge in [0.25, 0.3) is 5.76 Å². The SMILES string of the molecule is Cc1ccc(C)c(Oc2c(C(F)(F)F)oc3c(C[NH+](C)C)c(O)ccc3c2=O)c1. The van der Waals surface area contributed by atoms with E-state index in [0.29, 0.717) is 5.56 Å². The summed E-state index contributed by atoms with van der Waals surface area (Å²) in [7, 11) is 3.53. The van der Waals surface area contributed by atoms with Crippen LogP contribution >= 0.6 is 0 Å². The minimum Gasteiger partial charge on any atom is -0.507 e. The van der Waals surface area contributed by atoms with Crippen LogP contribution in [0.2, 0.25) is 0 Å². The van der Waals surface area contributed by atoms with Crippen molar-refractivity contribution >= 4 is 11.0 Å². The third-order valence-corrected chi connectivity index (χ3v) is 4.44. The lowest BCUT2D eigenvalue weighted by Gasteiger charge is -2.16. The number of nitrogens with one attached hydrogen (secondary N) is 1. The zero-order valence-corrected chi connectivity index (χ0v) is 16.4. The highest BCUT2D eigenvalue weighted by molar-refractivity contribution is 5.83. The Hall–Kier alpha value is -3.00. The molecule has 0 amide bonds. The fourth-order valence-electron chi connectivity index (χ4n) is 3.02. The third kappa shape index (κ3) is 4.07. The summed E-state index contributed by atoms with van der Waals surface area (Å²) in [6, 6.07) is 7.54. The van der Waals surface area contributed by atoms with Crippen LogP contribution in [-0.2, 0) is 12.7 Å². The predicted molar refractivity (Wildman–Crippen MR) is 102 cm³/mol. The molecule has 0 saturated carbocycles. The number of aromatic hydroxyl groups is 1. The van der Waals surface area contributed by atoms with Gasteiger partial charge in [-0.15, -0.1) is 0 Å². The van der Waals surface area contributed by atoms with E-state index in [1.165, 1.54) is 12.1 Å². The number of benzene rings is 2. The van der Waals surface area contributed by atoms with E-state index >= 15 is 0 Å². The van der Waals surface area contributed by atoms with Crippen molar-refractivity contribution in [2.24, 2.45) is 0 Å². The van der Waals surface area contributed by atoms with Gasteiger partial charge in [-0.25, -0.2) is 0 Å². The molecule has 5 nitrogen and oxygen atoms in total. The van der Waals surface area contributed by atoms with E-state index < -0.39 is 23.1 Å². The quantitative estimate of drug-likeness (QED) is 0.693. The van der Waals surface area contributed by atoms with Gasteiger partial charge >= 0.3 is 6.18 Å². The van der Waals surface area contributed by atoms with Gasteiger partial charge in [0.05, 0.1) is 25.0 Å². The van der Waals surface area contributed by atoms with Crippen molar-refractivity contribution in [3.05, 3.63) is 63.0 Å². The van der Waals surface area contributed by atoms with Crippen LogP contribution in [0.25, 0.3) is 11.0 Å². The van der Waals surface area contributed by atoms with E-state index in [1.807, 2.05) is 0 Å². The van der Waals surface area contributed by atoms with Crippen LogP contribution in [-0.4, -0.2) is 19.2 Å². The molecular formula is C21H21F3NO4+. The van der Waals surface area contributed by atoms with Gasteiger partial charge in [-0.05, 0) is 43.2 Å². The Bertz CT molecular complexity index is 1130. The lowest BCUT2D eigenvalue weighted by atomic mass is 10.1. The summed E-state index contributed by atoms with van der Waals surface area (Å²) in [5.41, 5.74) is 0.228. The highest BCUT2D eigenvalue weighted by Crippen LogP contribution is 2.40. The summed E-state index contributed by atoms with van der Waals surface area (Å²) in [6.45, 7) is 3.60. The number of quaternary nitrogens is 1. The fourth-order valence-corrected chi connectivity index (χ4v) is 3.02. The first-order valence-corrected chi connectivity index (χ1v) is 8.92. The molecule has 0 fully saturated rings. The number of hydrogen-bond acceptors (Lipinski definition) is 4. The number of rotatable bonds is 4. The molecule has 1 aromatic heterocycles. The van der Waals surface area contributed by atoms with E-state index in [4.69, 9.17) is 9.15 Å². The zero-order valence-electron chi connectivity index (χ0n) is 16.4. The molecule has 0 aliphatic heterocycles. The smallest absolute Gasteiger partial charge is 0.453 e. The topological polar surface area (TPSA) is 64.1 Å². The van der Waals surface area contributed by atoms with Crippen molar-refractivity contribution in [2.45, 2.75) is 26.6 Å². The number of halogens is 3. The van der Waals surface area contributed by atoms with Crippen molar-refractivity contribution in [2.75, 3.05) is 14.1 Å². The molecule has 154 valence electrons. The van der Waals surface area contributed by atoms with Crippen LogP contribution in [0, 0.1) is 13.8 Å². The van der Waals surface area contributed by atoms with Crippen molar-refractivity contribution in [3.8, 4) is 17.2 Å². The zero-order chi connectivity index (χ0) is 21.5.